The average Bonchev–Trinajstić information content (AvgIpc) is 2.82. The van der Waals surface area contributed by atoms with E-state index in [1.54, 1.807) is 12.1 Å². The lowest BCUT2D eigenvalue weighted by Crippen LogP contribution is -2.37. The number of cyclic esters (lactones) is 1. The molecule has 0 spiro atoms. The summed E-state index contributed by atoms with van der Waals surface area (Å²) < 4.78 is 4.74. The van der Waals surface area contributed by atoms with Gasteiger partial charge in [-0.15, -0.1) is 0 Å². The Hall–Kier alpha value is -2.44. The van der Waals surface area contributed by atoms with Gasteiger partial charge in [-0.2, -0.15) is 0 Å². The van der Waals surface area contributed by atoms with Crippen LogP contribution in [0.15, 0.2) is 24.3 Å². The van der Waals surface area contributed by atoms with Crippen LogP contribution in [0.2, 0.25) is 0 Å². The molecule has 2 rings (SSSR count). The summed E-state index contributed by atoms with van der Waals surface area (Å²) >= 11 is 0. The van der Waals surface area contributed by atoms with E-state index in [9.17, 15) is 19.7 Å². The van der Waals surface area contributed by atoms with Crippen molar-refractivity contribution in [1.29, 1.82) is 0 Å². The van der Waals surface area contributed by atoms with E-state index in [1.807, 2.05) is 0 Å². The molecule has 1 fully saturated rings. The molecule has 1 amide bonds. The molecule has 1 aliphatic rings. The minimum Gasteiger partial charge on any atom is -0.464 e. The number of amides is 1. The van der Waals surface area contributed by atoms with E-state index in [4.69, 9.17) is 4.74 Å². The second-order valence-corrected chi connectivity index (χ2v) is 4.50. The Bertz CT molecular complexity index is 543. The van der Waals surface area contributed by atoms with Crippen LogP contribution >= 0.6 is 0 Å². The number of esters is 1. The number of hydrogen-bond donors (Lipinski definition) is 1. The van der Waals surface area contributed by atoms with Crippen LogP contribution < -0.4 is 5.32 Å². The Morgan fingerprint density at radius 3 is 2.95 bits per heavy atom. The Morgan fingerprint density at radius 1 is 1.50 bits per heavy atom. The smallest absolute Gasteiger partial charge is 0.328 e. The highest BCUT2D eigenvalue weighted by molar-refractivity contribution is 5.85. The van der Waals surface area contributed by atoms with Crippen LogP contribution in [0.5, 0.6) is 0 Å². The number of nitro benzene ring substituents is 1. The van der Waals surface area contributed by atoms with Crippen LogP contribution in [0, 0.1) is 10.1 Å². The Labute approximate surface area is 115 Å². The summed E-state index contributed by atoms with van der Waals surface area (Å²) in [6.45, 7) is 0.328. The fourth-order valence-corrected chi connectivity index (χ4v) is 1.98. The Balaban J connectivity index is 1.85. The largest absolute Gasteiger partial charge is 0.464 e. The zero-order valence-electron chi connectivity index (χ0n) is 10.7. The number of nitrogens with one attached hydrogen (secondary N) is 1. The number of benzene rings is 1. The van der Waals surface area contributed by atoms with E-state index in [2.05, 4.69) is 5.32 Å². The van der Waals surface area contributed by atoms with Crippen molar-refractivity contribution in [2.45, 2.75) is 25.3 Å². The van der Waals surface area contributed by atoms with Crippen molar-refractivity contribution in [3.8, 4) is 0 Å². The Morgan fingerprint density at radius 2 is 2.30 bits per heavy atom. The molecule has 0 unspecified atom stereocenters. The zero-order chi connectivity index (χ0) is 14.5. The van der Waals surface area contributed by atoms with Gasteiger partial charge in [-0.05, 0) is 12.0 Å². The van der Waals surface area contributed by atoms with Crippen LogP contribution in [0.4, 0.5) is 5.69 Å². The van der Waals surface area contributed by atoms with E-state index in [-0.39, 0.29) is 18.0 Å². The van der Waals surface area contributed by atoms with Gasteiger partial charge in [-0.25, -0.2) is 4.79 Å². The maximum atomic E-state index is 11.7. The van der Waals surface area contributed by atoms with Crippen LogP contribution in [0.1, 0.15) is 18.4 Å². The van der Waals surface area contributed by atoms with Gasteiger partial charge in [0.25, 0.3) is 5.69 Å². The van der Waals surface area contributed by atoms with E-state index in [0.29, 0.717) is 25.0 Å². The first kappa shape index (κ1) is 14.0. The van der Waals surface area contributed by atoms with E-state index < -0.39 is 16.9 Å². The summed E-state index contributed by atoms with van der Waals surface area (Å²) in [5.74, 6) is -0.672. The minimum absolute atomic E-state index is 0.00211. The van der Waals surface area contributed by atoms with E-state index >= 15 is 0 Å². The van der Waals surface area contributed by atoms with Gasteiger partial charge < -0.3 is 10.1 Å². The van der Waals surface area contributed by atoms with Crippen molar-refractivity contribution in [3.63, 3.8) is 0 Å². The number of hydrogen-bond acceptors (Lipinski definition) is 5. The first-order valence-electron chi connectivity index (χ1n) is 6.25. The van der Waals surface area contributed by atoms with Gasteiger partial charge in [0.05, 0.1) is 11.5 Å². The van der Waals surface area contributed by atoms with E-state index in [1.165, 1.54) is 12.1 Å². The predicted molar refractivity (Wildman–Crippen MR) is 68.9 cm³/mol. The molecular formula is C13H14N2O5. The highest BCUT2D eigenvalue weighted by atomic mass is 16.6. The second kappa shape index (κ2) is 6.14. The van der Waals surface area contributed by atoms with Crippen molar-refractivity contribution in [2.75, 3.05) is 6.61 Å². The van der Waals surface area contributed by atoms with Gasteiger partial charge in [0, 0.05) is 25.0 Å². The highest BCUT2D eigenvalue weighted by Crippen LogP contribution is 2.14. The summed E-state index contributed by atoms with van der Waals surface area (Å²) in [6, 6.07) is 5.59. The van der Waals surface area contributed by atoms with Gasteiger partial charge in [0.2, 0.25) is 5.91 Å². The van der Waals surface area contributed by atoms with Gasteiger partial charge >= 0.3 is 5.97 Å². The molecule has 1 N–H and O–H groups in total. The molecule has 0 saturated carbocycles. The molecule has 0 radical (unpaired) electrons. The Kier molecular flexibility index (Phi) is 4.29. The fourth-order valence-electron chi connectivity index (χ4n) is 1.98. The number of nitrogens with zero attached hydrogens (tertiary/aromatic N) is 1. The lowest BCUT2D eigenvalue weighted by atomic mass is 10.1. The summed E-state index contributed by atoms with van der Waals surface area (Å²) in [4.78, 5) is 33.0. The average molecular weight is 278 g/mol. The maximum absolute atomic E-state index is 11.7. The van der Waals surface area contributed by atoms with Crippen LogP contribution in [-0.4, -0.2) is 29.4 Å². The first-order valence-corrected chi connectivity index (χ1v) is 6.25. The standard InChI is InChI=1S/C13H14N2O5/c16-12(14-11-6-7-20-13(11)17)5-4-9-2-1-3-10(8-9)15(18)19/h1-3,8,11H,4-7H2,(H,14,16)/t11-/m0/s1. The predicted octanol–water partition coefficient (Wildman–Crippen LogP) is 0.959. The molecule has 0 aliphatic carbocycles. The van der Waals surface area contributed by atoms with Crippen molar-refractivity contribution in [1.82, 2.24) is 5.32 Å². The van der Waals surface area contributed by atoms with E-state index in [0.717, 1.165) is 0 Å². The lowest BCUT2D eigenvalue weighted by Gasteiger charge is -2.08. The monoisotopic (exact) mass is 278 g/mol. The third kappa shape index (κ3) is 3.53. The highest BCUT2D eigenvalue weighted by Gasteiger charge is 2.27. The van der Waals surface area contributed by atoms with Crippen molar-refractivity contribution in [3.05, 3.63) is 39.9 Å². The molecule has 0 bridgehead atoms. The SMILES string of the molecule is O=C(CCc1cccc([N+](=O)[O-])c1)N[C@H]1CCOC1=O. The van der Waals surface area contributed by atoms with Crippen LogP contribution in [0.25, 0.3) is 0 Å². The zero-order valence-corrected chi connectivity index (χ0v) is 10.7. The molecule has 1 aromatic carbocycles. The second-order valence-electron chi connectivity index (χ2n) is 4.50. The molecule has 1 heterocycles. The number of nitro groups is 1. The third-order valence-electron chi connectivity index (χ3n) is 3.03. The third-order valence-corrected chi connectivity index (χ3v) is 3.03. The first-order chi connectivity index (χ1) is 9.56. The maximum Gasteiger partial charge on any atom is 0.328 e. The fraction of sp³-hybridized carbons (Fsp3) is 0.385. The molecule has 1 aliphatic heterocycles. The number of aryl methyl sites for hydroxylation is 1. The lowest BCUT2D eigenvalue weighted by molar-refractivity contribution is -0.384. The number of carbonyl (C=O) groups is 2. The number of carbonyl (C=O) groups excluding carboxylic acids is 2. The van der Waals surface area contributed by atoms with Crippen molar-refractivity contribution < 1.29 is 19.2 Å². The molecule has 106 valence electrons. The molecule has 7 nitrogen and oxygen atoms in total. The topological polar surface area (TPSA) is 98.5 Å². The number of non-ortho nitro benzene ring substituents is 1. The van der Waals surface area contributed by atoms with Gasteiger partial charge in [-0.3, -0.25) is 14.9 Å². The van der Waals surface area contributed by atoms with Gasteiger partial charge in [-0.1, -0.05) is 12.1 Å². The van der Waals surface area contributed by atoms with Crippen LogP contribution in [0.3, 0.4) is 0 Å². The quantitative estimate of drug-likeness (QED) is 0.491. The van der Waals surface area contributed by atoms with Gasteiger partial charge in [0.15, 0.2) is 0 Å². The molecule has 0 aromatic heterocycles. The van der Waals surface area contributed by atoms with Crippen molar-refractivity contribution in [2.24, 2.45) is 0 Å². The molecule has 1 atom stereocenters. The molecule has 1 aromatic rings. The van der Waals surface area contributed by atoms with Crippen LogP contribution in [-0.2, 0) is 20.7 Å². The van der Waals surface area contributed by atoms with Gasteiger partial charge in [0.1, 0.15) is 6.04 Å². The van der Waals surface area contributed by atoms with Crippen molar-refractivity contribution >= 4 is 17.6 Å². The number of ether oxygens (including phenoxy) is 1. The minimum atomic E-state index is -0.562. The molecular weight excluding hydrogens is 264 g/mol. The molecule has 20 heavy (non-hydrogen) atoms. The molecule has 7 heteroatoms. The summed E-state index contributed by atoms with van der Waals surface area (Å²) in [5.41, 5.74) is 0.714. The summed E-state index contributed by atoms with van der Waals surface area (Å²) in [7, 11) is 0. The summed E-state index contributed by atoms with van der Waals surface area (Å²) in [6.07, 6.45) is 1.04. The normalized spacial score (nSPS) is 17.6. The number of rotatable bonds is 5. The summed E-state index contributed by atoms with van der Waals surface area (Å²) in [5, 5.41) is 13.2. The molecule has 1 saturated heterocycles.